The smallest absolute Gasteiger partial charge is 0.332 e. The summed E-state index contributed by atoms with van der Waals surface area (Å²) in [5.41, 5.74) is 0.177. The van der Waals surface area contributed by atoms with Crippen molar-refractivity contribution in [3.8, 4) is 17.4 Å². The van der Waals surface area contributed by atoms with Crippen LogP contribution in [-0.4, -0.2) is 34.6 Å². The van der Waals surface area contributed by atoms with Crippen LogP contribution in [0.4, 0.5) is 10.7 Å². The Morgan fingerprint density at radius 1 is 1.19 bits per heavy atom. The van der Waals surface area contributed by atoms with E-state index in [1.54, 1.807) is 25.3 Å². The number of methoxy groups -OCH3 is 1. The third-order valence-corrected chi connectivity index (χ3v) is 5.04. The molecule has 1 aromatic carbocycles. The van der Waals surface area contributed by atoms with Crippen molar-refractivity contribution >= 4 is 17.9 Å². The Bertz CT molecular complexity index is 908. The summed E-state index contributed by atoms with van der Waals surface area (Å²) in [5.74, 6) is 1.18. The molecule has 2 aliphatic rings. The molecule has 1 aliphatic heterocycles. The van der Waals surface area contributed by atoms with E-state index < -0.39 is 11.6 Å². The Morgan fingerprint density at radius 2 is 1.96 bits per heavy atom. The fraction of sp³-hybridized carbons (Fsp3) is 0.368. The minimum Gasteiger partial charge on any atom is -0.496 e. The number of hydrogen-bond acceptors (Lipinski definition) is 6. The lowest BCUT2D eigenvalue weighted by Crippen LogP contribution is -2.44. The zero-order chi connectivity index (χ0) is 19.0. The van der Waals surface area contributed by atoms with Crippen LogP contribution < -0.4 is 19.7 Å². The van der Waals surface area contributed by atoms with E-state index in [0.717, 1.165) is 23.3 Å². The number of nitrogens with zero attached hydrogens (tertiary/aromatic N) is 3. The molecule has 1 saturated heterocycles. The van der Waals surface area contributed by atoms with Gasteiger partial charge in [0.05, 0.1) is 7.11 Å². The van der Waals surface area contributed by atoms with E-state index in [0.29, 0.717) is 24.3 Å². The highest BCUT2D eigenvalue weighted by Gasteiger charge is 2.53. The minimum absolute atomic E-state index is 0.0119. The van der Waals surface area contributed by atoms with Crippen LogP contribution in [0.3, 0.4) is 0 Å². The highest BCUT2D eigenvalue weighted by atomic mass is 16.5. The fourth-order valence-corrected chi connectivity index (χ4v) is 3.60. The van der Waals surface area contributed by atoms with Gasteiger partial charge >= 0.3 is 6.03 Å². The predicted molar refractivity (Wildman–Crippen MR) is 97.1 cm³/mol. The summed E-state index contributed by atoms with van der Waals surface area (Å²) in [7, 11) is 1.59. The Morgan fingerprint density at radius 3 is 2.70 bits per heavy atom. The topological polar surface area (TPSA) is 93.7 Å². The second-order valence-corrected chi connectivity index (χ2v) is 6.79. The second kappa shape index (κ2) is 6.53. The van der Waals surface area contributed by atoms with E-state index >= 15 is 0 Å². The number of imide groups is 1. The molecule has 140 valence electrons. The molecule has 2 heterocycles. The Hall–Kier alpha value is -3.16. The van der Waals surface area contributed by atoms with Gasteiger partial charge in [-0.05, 0) is 31.4 Å². The summed E-state index contributed by atoms with van der Waals surface area (Å²) in [6.07, 6.45) is 4.59. The van der Waals surface area contributed by atoms with E-state index in [1.807, 2.05) is 13.0 Å². The molecule has 8 heteroatoms. The Kier molecular flexibility index (Phi) is 4.18. The van der Waals surface area contributed by atoms with Gasteiger partial charge in [0.1, 0.15) is 17.0 Å². The zero-order valence-corrected chi connectivity index (χ0v) is 15.2. The zero-order valence-electron chi connectivity index (χ0n) is 15.2. The number of nitrogens with one attached hydrogen (secondary N) is 1. The maximum Gasteiger partial charge on any atom is 0.332 e. The summed E-state index contributed by atoms with van der Waals surface area (Å²) in [5, 5.41) is 2.82. The normalized spacial score (nSPS) is 18.1. The number of hydrogen-bond donors (Lipinski definition) is 1. The molecule has 3 amide bonds. The number of aryl methyl sites for hydroxylation is 1. The van der Waals surface area contributed by atoms with Crippen molar-refractivity contribution in [3.05, 3.63) is 36.0 Å². The number of amides is 3. The van der Waals surface area contributed by atoms with Crippen LogP contribution in [0.25, 0.3) is 0 Å². The molecule has 1 aliphatic carbocycles. The Balaban J connectivity index is 1.59. The number of anilines is 1. The first-order valence-electron chi connectivity index (χ1n) is 8.85. The van der Waals surface area contributed by atoms with Gasteiger partial charge in [0, 0.05) is 18.3 Å². The molecule has 4 rings (SSSR count). The van der Waals surface area contributed by atoms with Crippen molar-refractivity contribution in [2.24, 2.45) is 0 Å². The van der Waals surface area contributed by atoms with E-state index in [9.17, 15) is 9.59 Å². The molecule has 0 unspecified atom stereocenters. The van der Waals surface area contributed by atoms with Crippen molar-refractivity contribution in [1.82, 2.24) is 15.3 Å². The molecule has 8 nitrogen and oxygen atoms in total. The van der Waals surface area contributed by atoms with Gasteiger partial charge in [-0.15, -0.1) is 0 Å². The molecule has 1 N–H and O–H groups in total. The van der Waals surface area contributed by atoms with Crippen molar-refractivity contribution < 1.29 is 19.1 Å². The standard InChI is InChI=1S/C19H20N4O4/c1-12-5-6-13(11-14(12)26-2)27-15-7-10-20-17(21-15)23-16(24)19(22-18(23)25)8-3-4-9-19/h5-7,10-11H,3-4,8-9H2,1-2H3,(H,22,25). The second-order valence-electron chi connectivity index (χ2n) is 6.79. The van der Waals surface area contributed by atoms with Crippen LogP contribution in [-0.2, 0) is 4.79 Å². The lowest BCUT2D eigenvalue weighted by Gasteiger charge is -2.19. The summed E-state index contributed by atoms with van der Waals surface area (Å²) in [6, 6.07) is 6.49. The average molecular weight is 368 g/mol. The van der Waals surface area contributed by atoms with Gasteiger partial charge in [-0.3, -0.25) is 4.79 Å². The molecule has 2 fully saturated rings. The molecular weight excluding hydrogens is 348 g/mol. The van der Waals surface area contributed by atoms with Gasteiger partial charge in [0.15, 0.2) is 0 Å². The lowest BCUT2D eigenvalue weighted by molar-refractivity contribution is -0.121. The van der Waals surface area contributed by atoms with Crippen LogP contribution in [0.15, 0.2) is 30.5 Å². The van der Waals surface area contributed by atoms with E-state index in [-0.39, 0.29) is 17.7 Å². The van der Waals surface area contributed by atoms with Gasteiger partial charge in [-0.2, -0.15) is 9.88 Å². The quantitative estimate of drug-likeness (QED) is 0.834. The third-order valence-electron chi connectivity index (χ3n) is 5.04. The lowest BCUT2D eigenvalue weighted by atomic mass is 9.98. The highest BCUT2D eigenvalue weighted by Crippen LogP contribution is 2.36. The molecule has 2 aromatic rings. The van der Waals surface area contributed by atoms with Crippen LogP contribution in [0.1, 0.15) is 31.2 Å². The number of carbonyl (C=O) groups is 2. The van der Waals surface area contributed by atoms with Crippen LogP contribution in [0, 0.1) is 6.92 Å². The predicted octanol–water partition coefficient (Wildman–Crippen LogP) is 2.95. The minimum atomic E-state index is -0.804. The van der Waals surface area contributed by atoms with E-state index in [2.05, 4.69) is 15.3 Å². The van der Waals surface area contributed by atoms with E-state index in [1.165, 1.54) is 6.20 Å². The molecule has 1 spiro atoms. The summed E-state index contributed by atoms with van der Waals surface area (Å²) in [6.45, 7) is 1.93. The molecule has 0 radical (unpaired) electrons. The first-order chi connectivity index (χ1) is 13.0. The number of aromatic nitrogens is 2. The fourth-order valence-electron chi connectivity index (χ4n) is 3.60. The number of benzene rings is 1. The Labute approximate surface area is 156 Å². The van der Waals surface area contributed by atoms with Gasteiger partial charge in [-0.1, -0.05) is 18.9 Å². The van der Waals surface area contributed by atoms with Gasteiger partial charge < -0.3 is 14.8 Å². The van der Waals surface area contributed by atoms with E-state index in [4.69, 9.17) is 9.47 Å². The van der Waals surface area contributed by atoms with Crippen LogP contribution >= 0.6 is 0 Å². The molecule has 0 bridgehead atoms. The van der Waals surface area contributed by atoms with Gasteiger partial charge in [0.25, 0.3) is 5.91 Å². The number of rotatable bonds is 4. The third kappa shape index (κ3) is 2.97. The van der Waals surface area contributed by atoms with Crippen molar-refractivity contribution in [3.63, 3.8) is 0 Å². The van der Waals surface area contributed by atoms with Crippen LogP contribution in [0.2, 0.25) is 0 Å². The largest absolute Gasteiger partial charge is 0.496 e. The average Bonchev–Trinajstić information content (AvgIpc) is 3.22. The maximum absolute atomic E-state index is 12.8. The SMILES string of the molecule is COc1cc(Oc2ccnc(N3C(=O)NC4(CCCC4)C3=O)n2)ccc1C. The highest BCUT2D eigenvalue weighted by molar-refractivity contribution is 6.22. The number of carbonyl (C=O) groups excluding carboxylic acids is 2. The molecule has 0 atom stereocenters. The maximum atomic E-state index is 12.8. The first-order valence-corrected chi connectivity index (χ1v) is 8.85. The number of ether oxygens (including phenoxy) is 2. The van der Waals surface area contributed by atoms with Gasteiger partial charge in [-0.25, -0.2) is 9.78 Å². The molecule has 27 heavy (non-hydrogen) atoms. The van der Waals surface area contributed by atoms with Crippen LogP contribution in [0.5, 0.6) is 17.4 Å². The van der Waals surface area contributed by atoms with Crippen molar-refractivity contribution in [2.75, 3.05) is 12.0 Å². The summed E-state index contributed by atoms with van der Waals surface area (Å²) < 4.78 is 11.1. The van der Waals surface area contributed by atoms with Gasteiger partial charge in [0.2, 0.25) is 11.8 Å². The summed E-state index contributed by atoms with van der Waals surface area (Å²) in [4.78, 5) is 34.6. The van der Waals surface area contributed by atoms with Crippen molar-refractivity contribution in [1.29, 1.82) is 0 Å². The molecule has 1 aromatic heterocycles. The molecular formula is C19H20N4O4. The molecule has 1 saturated carbocycles. The van der Waals surface area contributed by atoms with Crippen molar-refractivity contribution in [2.45, 2.75) is 38.1 Å². The summed E-state index contributed by atoms with van der Waals surface area (Å²) >= 11 is 0. The number of urea groups is 1. The first kappa shape index (κ1) is 17.3. The monoisotopic (exact) mass is 368 g/mol.